The fraction of sp³-hybridized carbons (Fsp3) is 0.389. The second kappa shape index (κ2) is 6.96. The van der Waals surface area contributed by atoms with Gasteiger partial charge in [-0.2, -0.15) is 0 Å². The van der Waals surface area contributed by atoms with Crippen molar-refractivity contribution in [1.82, 2.24) is 14.9 Å². The first kappa shape index (κ1) is 17.0. The lowest BCUT2D eigenvalue weighted by Crippen LogP contribution is -2.31. The molecule has 2 aromatic rings. The maximum absolute atomic E-state index is 12.5. The van der Waals surface area contributed by atoms with E-state index >= 15 is 0 Å². The molecular weight excluding hydrogens is 322 g/mol. The maximum atomic E-state index is 12.5. The lowest BCUT2D eigenvalue weighted by Gasteiger charge is -2.21. The van der Waals surface area contributed by atoms with Gasteiger partial charge in [-0.1, -0.05) is 6.07 Å². The first-order chi connectivity index (χ1) is 11.9. The van der Waals surface area contributed by atoms with Gasteiger partial charge in [0.05, 0.1) is 6.42 Å². The van der Waals surface area contributed by atoms with E-state index in [2.05, 4.69) is 9.97 Å². The molecule has 0 aliphatic carbocycles. The molecule has 25 heavy (non-hydrogen) atoms. The van der Waals surface area contributed by atoms with Gasteiger partial charge in [0, 0.05) is 24.8 Å². The Bertz CT molecular complexity index is 860. The molecule has 1 aromatic carbocycles. The number of aromatic nitrogens is 2. The smallest absolute Gasteiger partial charge is 0.254 e. The highest BCUT2D eigenvalue weighted by Crippen LogP contribution is 2.31. The van der Waals surface area contributed by atoms with Crippen molar-refractivity contribution >= 4 is 5.91 Å². The first-order valence-electron chi connectivity index (χ1n) is 8.13. The van der Waals surface area contributed by atoms with Crippen molar-refractivity contribution in [1.29, 1.82) is 0 Å². The number of rotatable bonds is 4. The van der Waals surface area contributed by atoms with Crippen LogP contribution in [0, 0.1) is 13.8 Å². The van der Waals surface area contributed by atoms with E-state index in [1.807, 2.05) is 18.2 Å². The van der Waals surface area contributed by atoms with Crippen LogP contribution in [0.2, 0.25) is 0 Å². The molecule has 3 rings (SSSR count). The number of hydrogen-bond acceptors (Lipinski definition) is 5. The van der Waals surface area contributed by atoms with Crippen LogP contribution in [-0.2, 0) is 17.8 Å². The largest absolute Gasteiger partial charge is 0.486 e. The third-order valence-electron chi connectivity index (χ3n) is 4.12. The second-order valence-corrected chi connectivity index (χ2v) is 6.12. The minimum Gasteiger partial charge on any atom is -0.486 e. The zero-order valence-electron chi connectivity index (χ0n) is 14.6. The van der Waals surface area contributed by atoms with Gasteiger partial charge in [-0.15, -0.1) is 0 Å². The van der Waals surface area contributed by atoms with Crippen LogP contribution < -0.4 is 15.0 Å². The number of aryl methyl sites for hydroxylation is 2. The monoisotopic (exact) mass is 343 g/mol. The number of carbonyl (C=O) groups excluding carboxylic acids is 1. The topological polar surface area (TPSA) is 84.5 Å². The van der Waals surface area contributed by atoms with Crippen molar-refractivity contribution in [2.75, 3.05) is 20.3 Å². The zero-order valence-corrected chi connectivity index (χ0v) is 14.6. The summed E-state index contributed by atoms with van der Waals surface area (Å²) in [5, 5.41) is 0. The van der Waals surface area contributed by atoms with Crippen LogP contribution in [0.5, 0.6) is 11.5 Å². The molecule has 0 atom stereocenters. The van der Waals surface area contributed by atoms with E-state index in [1.54, 1.807) is 25.8 Å². The number of nitrogens with zero attached hydrogens (tertiary/aromatic N) is 2. The highest BCUT2D eigenvalue weighted by molar-refractivity contribution is 5.78. The number of nitrogens with one attached hydrogen (secondary N) is 1. The van der Waals surface area contributed by atoms with Gasteiger partial charge in [0.1, 0.15) is 19.0 Å². The third kappa shape index (κ3) is 3.81. The van der Waals surface area contributed by atoms with Gasteiger partial charge in [-0.05, 0) is 31.5 Å². The van der Waals surface area contributed by atoms with Crippen molar-refractivity contribution in [3.63, 3.8) is 0 Å². The third-order valence-corrected chi connectivity index (χ3v) is 4.12. The Morgan fingerprint density at radius 3 is 2.68 bits per heavy atom. The van der Waals surface area contributed by atoms with Crippen molar-refractivity contribution < 1.29 is 14.3 Å². The van der Waals surface area contributed by atoms with E-state index in [9.17, 15) is 9.59 Å². The molecule has 1 aliphatic heterocycles. The normalized spacial score (nSPS) is 12.8. The summed E-state index contributed by atoms with van der Waals surface area (Å²) in [6.07, 6.45) is 0.0233. The van der Waals surface area contributed by atoms with Gasteiger partial charge < -0.3 is 19.4 Å². The highest BCUT2D eigenvalue weighted by atomic mass is 16.6. The SMILES string of the molecule is Cc1nc(C)c(CC(=O)N(C)Cc2ccc3c(c2)OCCO3)c(=O)[nH]1. The van der Waals surface area contributed by atoms with Crippen molar-refractivity contribution in [3.05, 3.63) is 51.2 Å². The Hall–Kier alpha value is -2.83. The van der Waals surface area contributed by atoms with E-state index in [4.69, 9.17) is 9.47 Å². The van der Waals surface area contributed by atoms with Crippen LogP contribution >= 0.6 is 0 Å². The van der Waals surface area contributed by atoms with Crippen LogP contribution in [-0.4, -0.2) is 41.0 Å². The number of aromatic amines is 1. The number of benzene rings is 1. The Labute approximate surface area is 145 Å². The number of amides is 1. The van der Waals surface area contributed by atoms with Crippen LogP contribution in [0.3, 0.4) is 0 Å². The standard InChI is InChI=1S/C18H21N3O4/c1-11-14(18(23)20-12(2)19-11)9-17(22)21(3)10-13-4-5-15-16(8-13)25-7-6-24-15/h4-5,8H,6-7,9-10H2,1-3H3,(H,19,20,23). The van der Waals surface area contributed by atoms with Crippen LogP contribution in [0.4, 0.5) is 0 Å². The molecule has 0 spiro atoms. The van der Waals surface area contributed by atoms with E-state index in [-0.39, 0.29) is 17.9 Å². The lowest BCUT2D eigenvalue weighted by atomic mass is 10.1. The summed E-state index contributed by atoms with van der Waals surface area (Å²) >= 11 is 0. The molecule has 0 radical (unpaired) electrons. The van der Waals surface area contributed by atoms with Gasteiger partial charge in [-0.25, -0.2) is 4.98 Å². The van der Waals surface area contributed by atoms with E-state index in [0.717, 1.165) is 11.3 Å². The van der Waals surface area contributed by atoms with Gasteiger partial charge in [0.2, 0.25) is 5.91 Å². The molecule has 1 N–H and O–H groups in total. The number of hydrogen-bond donors (Lipinski definition) is 1. The average molecular weight is 343 g/mol. The van der Waals surface area contributed by atoms with E-state index in [0.29, 0.717) is 42.6 Å². The molecule has 7 heteroatoms. The van der Waals surface area contributed by atoms with Crippen LogP contribution in [0.1, 0.15) is 22.6 Å². The molecule has 0 saturated carbocycles. The van der Waals surface area contributed by atoms with Gasteiger partial charge in [0.25, 0.3) is 5.56 Å². The van der Waals surface area contributed by atoms with Crippen LogP contribution in [0.25, 0.3) is 0 Å². The Kier molecular flexibility index (Phi) is 4.74. The Balaban J connectivity index is 1.70. The van der Waals surface area contributed by atoms with Gasteiger partial charge in [-0.3, -0.25) is 9.59 Å². The minimum absolute atomic E-state index is 0.0233. The number of ether oxygens (including phenoxy) is 2. The first-order valence-corrected chi connectivity index (χ1v) is 8.13. The molecule has 1 aromatic heterocycles. The fourth-order valence-corrected chi connectivity index (χ4v) is 2.79. The summed E-state index contributed by atoms with van der Waals surface area (Å²) in [4.78, 5) is 33.0. The van der Waals surface area contributed by atoms with Crippen molar-refractivity contribution in [3.8, 4) is 11.5 Å². The molecule has 7 nitrogen and oxygen atoms in total. The van der Waals surface area contributed by atoms with Gasteiger partial charge in [0.15, 0.2) is 11.5 Å². The summed E-state index contributed by atoms with van der Waals surface area (Å²) in [6, 6.07) is 5.63. The van der Waals surface area contributed by atoms with E-state index < -0.39 is 0 Å². The molecule has 132 valence electrons. The molecule has 2 heterocycles. The molecule has 0 saturated heterocycles. The Morgan fingerprint density at radius 2 is 1.96 bits per heavy atom. The van der Waals surface area contributed by atoms with Crippen LogP contribution in [0.15, 0.2) is 23.0 Å². The fourth-order valence-electron chi connectivity index (χ4n) is 2.79. The van der Waals surface area contributed by atoms with Crippen molar-refractivity contribution in [2.24, 2.45) is 0 Å². The van der Waals surface area contributed by atoms with Gasteiger partial charge >= 0.3 is 0 Å². The second-order valence-electron chi connectivity index (χ2n) is 6.12. The minimum atomic E-state index is -0.258. The number of fused-ring (bicyclic) bond motifs is 1. The molecule has 1 aliphatic rings. The van der Waals surface area contributed by atoms with Crippen molar-refractivity contribution in [2.45, 2.75) is 26.8 Å². The number of likely N-dealkylation sites (N-methyl/N-ethyl adjacent to an activating group) is 1. The zero-order chi connectivity index (χ0) is 18.0. The summed E-state index contributed by atoms with van der Waals surface area (Å²) in [6.45, 7) is 4.95. The molecule has 0 fully saturated rings. The molecule has 1 amide bonds. The predicted molar refractivity (Wildman–Crippen MR) is 91.9 cm³/mol. The molecule has 0 bridgehead atoms. The number of carbonyl (C=O) groups is 1. The average Bonchev–Trinajstić information content (AvgIpc) is 2.57. The maximum Gasteiger partial charge on any atom is 0.254 e. The summed E-state index contributed by atoms with van der Waals surface area (Å²) in [7, 11) is 1.71. The van der Waals surface area contributed by atoms with E-state index in [1.165, 1.54) is 0 Å². The number of H-pyrrole nitrogens is 1. The Morgan fingerprint density at radius 1 is 1.24 bits per heavy atom. The summed E-state index contributed by atoms with van der Waals surface area (Å²) in [5.74, 6) is 1.81. The highest BCUT2D eigenvalue weighted by Gasteiger charge is 2.17. The summed E-state index contributed by atoms with van der Waals surface area (Å²) in [5.41, 5.74) is 1.67. The predicted octanol–water partition coefficient (Wildman–Crippen LogP) is 1.36. The lowest BCUT2D eigenvalue weighted by molar-refractivity contribution is -0.129. The summed E-state index contributed by atoms with van der Waals surface area (Å²) < 4.78 is 11.1. The molecule has 0 unspecified atom stereocenters. The molecular formula is C18H21N3O4. The quantitative estimate of drug-likeness (QED) is 0.906.